The van der Waals surface area contributed by atoms with Gasteiger partial charge in [0.05, 0.1) is 12.3 Å². The highest BCUT2D eigenvalue weighted by Crippen LogP contribution is 2.47. The second kappa shape index (κ2) is 20.9. The Morgan fingerprint density at radius 1 is 0.956 bits per heavy atom. The summed E-state index contributed by atoms with van der Waals surface area (Å²) < 4.78 is 36.0. The summed E-state index contributed by atoms with van der Waals surface area (Å²) in [4.78, 5) is 14.1. The summed E-state index contributed by atoms with van der Waals surface area (Å²) in [6.45, 7) is 3.04. The monoisotopic (exact) mass is 649 g/mol. The van der Waals surface area contributed by atoms with Crippen molar-refractivity contribution >= 4 is 19.2 Å². The molecule has 45 heavy (non-hydrogen) atoms. The normalized spacial score (nSPS) is 19.6. The van der Waals surface area contributed by atoms with Crippen molar-refractivity contribution in [2.24, 2.45) is 0 Å². The van der Waals surface area contributed by atoms with E-state index in [0.717, 1.165) is 12.1 Å². The largest absolute Gasteiger partial charge is 0.472 e. The number of nitrogen functional groups attached to an aromatic ring is 1. The summed E-state index contributed by atoms with van der Waals surface area (Å²) in [5.41, 5.74) is 5.90. The number of fused-ring (bicyclic) bond motifs is 1. The number of nitrogens with zero attached hydrogens (tertiary/aromatic N) is 4. The molecule has 254 valence electrons. The van der Waals surface area contributed by atoms with E-state index in [0.29, 0.717) is 43.8 Å². The van der Waals surface area contributed by atoms with E-state index in [1.165, 1.54) is 103 Å². The van der Waals surface area contributed by atoms with E-state index in [1.807, 2.05) is 6.07 Å². The first-order chi connectivity index (χ1) is 21.9. The highest BCUT2D eigenvalue weighted by molar-refractivity contribution is 7.47. The molecule has 1 aliphatic rings. The molecule has 2 aromatic heterocycles. The van der Waals surface area contributed by atoms with Crippen molar-refractivity contribution in [2.75, 3.05) is 32.2 Å². The van der Waals surface area contributed by atoms with Crippen LogP contribution in [-0.2, 0) is 23.1 Å². The SMILES string of the molecule is CCCCCCCCCCCCCCCCCCOCCCOP(=O)(O)OCC1(C#N)CCC(c2ccc3c(N)ncnn23)O1. The lowest BCUT2D eigenvalue weighted by Gasteiger charge is -2.23. The van der Waals surface area contributed by atoms with Crippen LogP contribution in [0, 0.1) is 11.3 Å². The maximum Gasteiger partial charge on any atom is 0.472 e. The zero-order valence-electron chi connectivity index (χ0n) is 27.4. The molecular weight excluding hydrogens is 593 g/mol. The Morgan fingerprint density at radius 3 is 2.18 bits per heavy atom. The number of nitriles is 1. The standard InChI is InChI=1S/C33H56N5O6P/c1-2-3-4-5-6-7-8-9-10-11-12-13-14-15-16-17-23-41-24-18-25-42-45(39,40)43-27-33(26-34)22-21-31(44-33)29-19-20-30-32(35)36-28-37-38(29)30/h19-20,28,31H,2-18,21-25,27H2,1H3,(H,39,40)(H2,35,36,37). The van der Waals surface area contributed by atoms with Crippen molar-refractivity contribution in [2.45, 2.75) is 141 Å². The number of phosphoric acid groups is 1. The van der Waals surface area contributed by atoms with E-state index in [9.17, 15) is 14.7 Å². The summed E-state index contributed by atoms with van der Waals surface area (Å²) >= 11 is 0. The average Bonchev–Trinajstić information content (AvgIpc) is 3.67. The Balaban J connectivity index is 1.14. The molecule has 0 aliphatic carbocycles. The predicted molar refractivity (Wildman–Crippen MR) is 176 cm³/mol. The van der Waals surface area contributed by atoms with Gasteiger partial charge in [-0.1, -0.05) is 103 Å². The second-order valence-electron chi connectivity index (χ2n) is 12.3. The molecule has 0 amide bonds. The fourth-order valence-electron chi connectivity index (χ4n) is 5.82. The van der Waals surface area contributed by atoms with Crippen LogP contribution in [0.3, 0.4) is 0 Å². The van der Waals surface area contributed by atoms with E-state index in [-0.39, 0.29) is 13.2 Å². The van der Waals surface area contributed by atoms with Gasteiger partial charge in [0, 0.05) is 13.2 Å². The van der Waals surface area contributed by atoms with Crippen molar-refractivity contribution in [1.82, 2.24) is 14.6 Å². The third-order valence-corrected chi connectivity index (χ3v) is 9.48. The van der Waals surface area contributed by atoms with Gasteiger partial charge in [0.2, 0.25) is 0 Å². The van der Waals surface area contributed by atoms with Gasteiger partial charge in [-0.05, 0) is 37.8 Å². The van der Waals surface area contributed by atoms with Crippen LogP contribution >= 0.6 is 7.82 Å². The van der Waals surface area contributed by atoms with Crippen LogP contribution in [0.2, 0.25) is 0 Å². The predicted octanol–water partition coefficient (Wildman–Crippen LogP) is 8.23. The number of hydrogen-bond donors (Lipinski definition) is 2. The molecule has 3 atom stereocenters. The van der Waals surface area contributed by atoms with Gasteiger partial charge in [0.15, 0.2) is 11.4 Å². The third-order valence-electron chi connectivity index (χ3n) is 8.51. The molecular formula is C33H56N5O6P. The lowest BCUT2D eigenvalue weighted by atomic mass is 10.0. The molecule has 0 spiro atoms. The molecule has 0 aromatic carbocycles. The van der Waals surface area contributed by atoms with Gasteiger partial charge in [-0.3, -0.25) is 9.05 Å². The van der Waals surface area contributed by atoms with Crippen molar-refractivity contribution in [3.05, 3.63) is 24.2 Å². The molecule has 0 bridgehead atoms. The molecule has 1 fully saturated rings. The minimum absolute atomic E-state index is 0.0209. The van der Waals surface area contributed by atoms with Gasteiger partial charge >= 0.3 is 7.82 Å². The first kappa shape index (κ1) is 37.4. The number of ether oxygens (including phenoxy) is 2. The van der Waals surface area contributed by atoms with Crippen molar-refractivity contribution in [3.8, 4) is 6.07 Å². The molecule has 3 rings (SSSR count). The topological polar surface area (TPSA) is 154 Å². The van der Waals surface area contributed by atoms with Gasteiger partial charge in [-0.2, -0.15) is 10.4 Å². The summed E-state index contributed by atoms with van der Waals surface area (Å²) in [7, 11) is -4.35. The third kappa shape index (κ3) is 13.7. The van der Waals surface area contributed by atoms with Crippen LogP contribution in [0.5, 0.6) is 0 Å². The zero-order valence-corrected chi connectivity index (χ0v) is 28.3. The number of nitrogens with two attached hydrogens (primary N) is 1. The summed E-state index contributed by atoms with van der Waals surface area (Å²) in [5.74, 6) is 0.341. The van der Waals surface area contributed by atoms with Crippen LogP contribution in [0.1, 0.15) is 141 Å². The Hall–Kier alpha value is -2.06. The van der Waals surface area contributed by atoms with Crippen LogP contribution in [0.15, 0.2) is 18.5 Å². The smallest absolute Gasteiger partial charge is 0.382 e. The zero-order chi connectivity index (χ0) is 32.2. The fourth-order valence-corrected chi connectivity index (χ4v) is 6.62. The van der Waals surface area contributed by atoms with Crippen LogP contribution in [0.25, 0.3) is 5.52 Å². The first-order valence-electron chi connectivity index (χ1n) is 17.3. The van der Waals surface area contributed by atoms with Crippen molar-refractivity contribution < 1.29 is 28.0 Å². The molecule has 3 N–H and O–H groups in total. The van der Waals surface area contributed by atoms with E-state index < -0.39 is 19.5 Å². The van der Waals surface area contributed by atoms with Gasteiger partial charge in [0.1, 0.15) is 30.6 Å². The fraction of sp³-hybridized carbons (Fsp3) is 0.788. The number of phosphoric ester groups is 1. The number of unbranched alkanes of at least 4 members (excludes halogenated alkanes) is 15. The molecule has 3 unspecified atom stereocenters. The lowest BCUT2D eigenvalue weighted by molar-refractivity contribution is -0.0399. The maximum absolute atomic E-state index is 12.4. The van der Waals surface area contributed by atoms with Gasteiger partial charge in [-0.25, -0.2) is 14.1 Å². The van der Waals surface area contributed by atoms with E-state index in [4.69, 9.17) is 24.3 Å². The van der Waals surface area contributed by atoms with E-state index in [2.05, 4.69) is 23.1 Å². The van der Waals surface area contributed by atoms with Crippen molar-refractivity contribution in [3.63, 3.8) is 0 Å². The minimum Gasteiger partial charge on any atom is -0.382 e. The molecule has 11 nitrogen and oxygen atoms in total. The number of anilines is 1. The molecule has 3 heterocycles. The molecule has 1 saturated heterocycles. The average molecular weight is 650 g/mol. The highest BCUT2D eigenvalue weighted by atomic mass is 31.2. The maximum atomic E-state index is 12.4. The summed E-state index contributed by atoms with van der Waals surface area (Å²) in [6, 6.07) is 5.72. The Kier molecular flexibility index (Phi) is 17.4. The molecule has 12 heteroatoms. The summed E-state index contributed by atoms with van der Waals surface area (Å²) in [5, 5.41) is 14.0. The lowest BCUT2D eigenvalue weighted by Crippen LogP contribution is -2.32. The molecule has 2 aromatic rings. The van der Waals surface area contributed by atoms with E-state index in [1.54, 1.807) is 10.6 Å². The molecule has 1 aliphatic heterocycles. The Labute approximate surface area is 269 Å². The second-order valence-corrected chi connectivity index (χ2v) is 13.7. The van der Waals surface area contributed by atoms with Gasteiger partial charge in [0.25, 0.3) is 0 Å². The molecule has 0 radical (unpaired) electrons. The van der Waals surface area contributed by atoms with Crippen molar-refractivity contribution in [1.29, 1.82) is 5.26 Å². The van der Waals surface area contributed by atoms with Gasteiger partial charge < -0.3 is 20.1 Å². The molecule has 0 saturated carbocycles. The van der Waals surface area contributed by atoms with Crippen LogP contribution in [-0.4, -0.2) is 51.5 Å². The van der Waals surface area contributed by atoms with Crippen LogP contribution < -0.4 is 5.73 Å². The number of rotatable bonds is 26. The Bertz CT molecular complexity index is 1190. The van der Waals surface area contributed by atoms with Crippen LogP contribution in [0.4, 0.5) is 5.82 Å². The van der Waals surface area contributed by atoms with Gasteiger partial charge in [-0.15, -0.1) is 0 Å². The number of hydrogen-bond acceptors (Lipinski definition) is 9. The minimum atomic E-state index is -4.35. The quantitative estimate of drug-likeness (QED) is 0.0752. The highest BCUT2D eigenvalue weighted by Gasteiger charge is 2.44. The Morgan fingerprint density at radius 2 is 1.56 bits per heavy atom. The number of aromatic nitrogens is 3. The summed E-state index contributed by atoms with van der Waals surface area (Å²) in [6.07, 6.45) is 23.6. The first-order valence-corrected chi connectivity index (χ1v) is 18.8. The van der Waals surface area contributed by atoms with E-state index >= 15 is 0 Å².